The Hall–Kier alpha value is -3.64. The number of hydrogen-bond donors (Lipinski definition) is 1. The van der Waals surface area contributed by atoms with Crippen molar-refractivity contribution in [3.63, 3.8) is 0 Å². The molecule has 39 heavy (non-hydrogen) atoms. The summed E-state index contributed by atoms with van der Waals surface area (Å²) < 4.78 is 6.28. The van der Waals surface area contributed by atoms with Gasteiger partial charge in [0.1, 0.15) is 12.4 Å². The number of para-hydroxylation sites is 1. The highest BCUT2D eigenvalue weighted by Gasteiger charge is 2.41. The Balaban J connectivity index is 1.15. The Labute approximate surface area is 232 Å². The molecule has 6 nitrogen and oxygen atoms in total. The van der Waals surface area contributed by atoms with Crippen LogP contribution in [0.2, 0.25) is 0 Å². The summed E-state index contributed by atoms with van der Waals surface area (Å²) in [7, 11) is 0. The molecule has 0 aromatic heterocycles. The third-order valence-electron chi connectivity index (χ3n) is 8.43. The molecular formula is C33H39N3O3. The number of amides is 2. The summed E-state index contributed by atoms with van der Waals surface area (Å²) in [5.74, 6) is 1.05. The molecule has 2 heterocycles. The van der Waals surface area contributed by atoms with Crippen molar-refractivity contribution < 1.29 is 14.3 Å². The minimum atomic E-state index is 0.0417. The number of benzene rings is 3. The van der Waals surface area contributed by atoms with E-state index >= 15 is 0 Å². The summed E-state index contributed by atoms with van der Waals surface area (Å²) in [4.78, 5) is 29.3. The molecule has 1 fully saturated rings. The maximum atomic E-state index is 12.6. The zero-order chi connectivity index (χ0) is 27.2. The Morgan fingerprint density at radius 2 is 1.64 bits per heavy atom. The lowest BCUT2D eigenvalue weighted by atomic mass is 9.69. The smallest absolute Gasteiger partial charge is 0.253 e. The molecule has 0 unspecified atom stereocenters. The average Bonchev–Trinajstić information content (AvgIpc) is 2.98. The minimum absolute atomic E-state index is 0.0417. The molecule has 3 aromatic carbocycles. The number of hydrogen-bond acceptors (Lipinski definition) is 4. The standard InChI is InChI=1S/C33H39N3O3/c1-3-36(4-2)32(38)26-15-13-25(14-16-26)23-27-9-5-8-12-30(27)39-22-21-35-19-17-33(18-20-35)24-34-31(37)28-10-6-7-11-29(28)33/h5-16H,3-4,17-24H2,1-2H3,(H,34,37). The lowest BCUT2D eigenvalue weighted by Gasteiger charge is -2.45. The molecule has 5 rings (SSSR count). The number of rotatable bonds is 9. The van der Waals surface area contributed by atoms with Gasteiger partial charge in [-0.05, 0) is 80.7 Å². The minimum Gasteiger partial charge on any atom is -0.492 e. The van der Waals surface area contributed by atoms with Gasteiger partial charge in [0.25, 0.3) is 11.8 Å². The number of piperidine rings is 1. The van der Waals surface area contributed by atoms with Crippen molar-refractivity contribution >= 4 is 11.8 Å². The molecule has 2 aliphatic rings. The third-order valence-corrected chi connectivity index (χ3v) is 8.43. The highest BCUT2D eigenvalue weighted by molar-refractivity contribution is 5.97. The van der Waals surface area contributed by atoms with Gasteiger partial charge in [-0.1, -0.05) is 48.5 Å². The fourth-order valence-electron chi connectivity index (χ4n) is 5.99. The van der Waals surface area contributed by atoms with Crippen molar-refractivity contribution in [3.05, 3.63) is 101 Å². The first kappa shape index (κ1) is 26.9. The lowest BCUT2D eigenvalue weighted by molar-refractivity contribution is 0.0772. The van der Waals surface area contributed by atoms with Gasteiger partial charge in [-0.25, -0.2) is 0 Å². The number of ether oxygens (including phenoxy) is 1. The van der Waals surface area contributed by atoms with Crippen LogP contribution in [-0.2, 0) is 11.8 Å². The number of nitrogens with zero attached hydrogens (tertiary/aromatic N) is 2. The van der Waals surface area contributed by atoms with Crippen LogP contribution in [0.5, 0.6) is 5.75 Å². The summed E-state index contributed by atoms with van der Waals surface area (Å²) in [5, 5.41) is 3.12. The Kier molecular flexibility index (Phi) is 8.32. The van der Waals surface area contributed by atoms with E-state index in [0.717, 1.165) is 73.4 Å². The first-order valence-corrected chi connectivity index (χ1v) is 14.2. The van der Waals surface area contributed by atoms with E-state index in [1.807, 2.05) is 73.3 Å². The molecule has 2 aliphatic heterocycles. The number of fused-ring (bicyclic) bond motifs is 2. The Morgan fingerprint density at radius 1 is 0.949 bits per heavy atom. The van der Waals surface area contributed by atoms with Crippen molar-refractivity contribution in [2.45, 2.75) is 38.5 Å². The Morgan fingerprint density at radius 3 is 2.38 bits per heavy atom. The topological polar surface area (TPSA) is 61.9 Å². The first-order chi connectivity index (χ1) is 19.0. The molecule has 1 saturated heterocycles. The molecule has 204 valence electrons. The van der Waals surface area contributed by atoms with E-state index in [-0.39, 0.29) is 17.2 Å². The van der Waals surface area contributed by atoms with Gasteiger partial charge >= 0.3 is 0 Å². The van der Waals surface area contributed by atoms with Gasteiger partial charge in [0.05, 0.1) is 0 Å². The molecule has 2 amide bonds. The maximum absolute atomic E-state index is 12.6. The summed E-state index contributed by atoms with van der Waals surface area (Å²) in [6, 6.07) is 24.3. The molecular weight excluding hydrogens is 486 g/mol. The SMILES string of the molecule is CCN(CC)C(=O)c1ccc(Cc2ccccc2OCCN2CCC3(CC2)CNC(=O)c2ccccc23)cc1. The predicted octanol–water partition coefficient (Wildman–Crippen LogP) is 4.92. The zero-order valence-electron chi connectivity index (χ0n) is 23.1. The van der Waals surface area contributed by atoms with E-state index < -0.39 is 0 Å². The van der Waals surface area contributed by atoms with Gasteiger partial charge in [0.15, 0.2) is 0 Å². The quantitative estimate of drug-likeness (QED) is 0.431. The Bertz CT molecular complexity index is 1290. The van der Waals surface area contributed by atoms with E-state index in [4.69, 9.17) is 4.74 Å². The van der Waals surface area contributed by atoms with Crippen LogP contribution in [0.15, 0.2) is 72.8 Å². The number of likely N-dealkylation sites (tertiary alicyclic amines) is 1. The molecule has 1 N–H and O–H groups in total. The van der Waals surface area contributed by atoms with Crippen LogP contribution < -0.4 is 10.1 Å². The lowest BCUT2D eigenvalue weighted by Crippen LogP contribution is -2.53. The van der Waals surface area contributed by atoms with Gasteiger partial charge < -0.3 is 15.0 Å². The monoisotopic (exact) mass is 525 g/mol. The van der Waals surface area contributed by atoms with Gasteiger partial charge in [-0.2, -0.15) is 0 Å². The van der Waals surface area contributed by atoms with E-state index in [9.17, 15) is 9.59 Å². The van der Waals surface area contributed by atoms with Crippen LogP contribution in [-0.4, -0.2) is 67.5 Å². The molecule has 1 spiro atoms. The van der Waals surface area contributed by atoms with E-state index in [1.165, 1.54) is 5.56 Å². The highest BCUT2D eigenvalue weighted by Crippen LogP contribution is 2.39. The molecule has 0 atom stereocenters. The summed E-state index contributed by atoms with van der Waals surface area (Å²) in [5.41, 5.74) is 5.12. The molecule has 6 heteroatoms. The van der Waals surface area contributed by atoms with Crippen LogP contribution in [0.4, 0.5) is 0 Å². The number of carbonyl (C=O) groups is 2. The second-order valence-corrected chi connectivity index (χ2v) is 10.7. The average molecular weight is 526 g/mol. The molecule has 0 bridgehead atoms. The van der Waals surface area contributed by atoms with Crippen molar-refractivity contribution in [3.8, 4) is 5.75 Å². The largest absolute Gasteiger partial charge is 0.492 e. The second-order valence-electron chi connectivity index (χ2n) is 10.7. The molecule has 0 saturated carbocycles. The van der Waals surface area contributed by atoms with E-state index in [0.29, 0.717) is 19.7 Å². The number of carbonyl (C=O) groups excluding carboxylic acids is 2. The van der Waals surface area contributed by atoms with E-state index in [1.54, 1.807) is 0 Å². The molecule has 3 aromatic rings. The highest BCUT2D eigenvalue weighted by atomic mass is 16.5. The van der Waals surface area contributed by atoms with Gasteiger partial charge in [-0.15, -0.1) is 0 Å². The van der Waals surface area contributed by atoms with Crippen LogP contribution >= 0.6 is 0 Å². The fraction of sp³-hybridized carbons (Fsp3) is 0.394. The van der Waals surface area contributed by atoms with Crippen molar-refractivity contribution in [1.29, 1.82) is 0 Å². The van der Waals surface area contributed by atoms with Crippen LogP contribution in [0, 0.1) is 0 Å². The molecule has 0 aliphatic carbocycles. The van der Waals surface area contributed by atoms with E-state index in [2.05, 4.69) is 28.4 Å². The van der Waals surface area contributed by atoms with Crippen molar-refractivity contribution in [2.24, 2.45) is 0 Å². The van der Waals surface area contributed by atoms with Crippen molar-refractivity contribution in [2.75, 3.05) is 45.9 Å². The molecule has 0 radical (unpaired) electrons. The third kappa shape index (κ3) is 5.86. The predicted molar refractivity (Wildman–Crippen MR) is 155 cm³/mol. The summed E-state index contributed by atoms with van der Waals surface area (Å²) >= 11 is 0. The normalized spacial score (nSPS) is 16.4. The fourth-order valence-corrected chi connectivity index (χ4v) is 5.99. The summed E-state index contributed by atoms with van der Waals surface area (Å²) in [6.45, 7) is 9.66. The second kappa shape index (κ2) is 12.0. The number of nitrogens with one attached hydrogen (secondary N) is 1. The van der Waals surface area contributed by atoms with Gasteiger partial charge in [-0.3, -0.25) is 14.5 Å². The van der Waals surface area contributed by atoms with Crippen LogP contribution in [0.1, 0.15) is 64.1 Å². The van der Waals surface area contributed by atoms with Gasteiger partial charge in [0, 0.05) is 49.1 Å². The summed E-state index contributed by atoms with van der Waals surface area (Å²) in [6.07, 6.45) is 2.83. The maximum Gasteiger partial charge on any atom is 0.253 e. The van der Waals surface area contributed by atoms with Crippen LogP contribution in [0.3, 0.4) is 0 Å². The van der Waals surface area contributed by atoms with Crippen LogP contribution in [0.25, 0.3) is 0 Å². The zero-order valence-corrected chi connectivity index (χ0v) is 23.1. The first-order valence-electron chi connectivity index (χ1n) is 14.2. The van der Waals surface area contributed by atoms with Gasteiger partial charge in [0.2, 0.25) is 0 Å². The van der Waals surface area contributed by atoms with Crippen molar-refractivity contribution in [1.82, 2.24) is 15.1 Å².